The third-order valence-electron chi connectivity index (χ3n) is 5.35. The van der Waals surface area contributed by atoms with E-state index in [4.69, 9.17) is 0 Å². The molecule has 31 heavy (non-hydrogen) atoms. The van der Waals surface area contributed by atoms with Crippen LogP contribution in [-0.2, 0) is 19.9 Å². The van der Waals surface area contributed by atoms with Crippen LogP contribution in [0.25, 0.3) is 20.9 Å². The second kappa shape index (κ2) is 9.55. The average molecular weight is 453 g/mol. The largest absolute Gasteiger partial charge is 0.396 e. The van der Waals surface area contributed by atoms with Gasteiger partial charge in [0.25, 0.3) is 5.56 Å². The zero-order chi connectivity index (χ0) is 22.0. The molecular weight excluding hydrogens is 424 g/mol. The molecule has 1 N–H and O–H groups in total. The third-order valence-corrected chi connectivity index (χ3v) is 7.95. The molecule has 0 bridgehead atoms. The molecule has 162 valence electrons. The summed E-state index contributed by atoms with van der Waals surface area (Å²) in [5, 5.41) is 17.2. The van der Waals surface area contributed by atoms with E-state index >= 15 is 0 Å². The minimum absolute atomic E-state index is 0.0329. The monoisotopic (exact) mass is 452 g/mol. The number of aliphatic hydroxyl groups is 1. The Morgan fingerprint density at radius 2 is 1.94 bits per heavy atom. The van der Waals surface area contributed by atoms with E-state index in [0.717, 1.165) is 39.3 Å². The van der Waals surface area contributed by atoms with Gasteiger partial charge in [-0.05, 0) is 35.1 Å². The molecule has 0 atom stereocenters. The molecule has 0 saturated carbocycles. The van der Waals surface area contributed by atoms with Crippen LogP contribution >= 0.6 is 23.1 Å². The van der Waals surface area contributed by atoms with E-state index in [9.17, 15) is 9.90 Å². The Hall–Kier alpha value is -2.15. The summed E-state index contributed by atoms with van der Waals surface area (Å²) in [6.45, 7) is 4.52. The number of aliphatic hydroxyl groups excluding tert-OH is 1. The van der Waals surface area contributed by atoms with Gasteiger partial charge in [-0.3, -0.25) is 4.79 Å². The number of aromatic nitrogens is 2. The van der Waals surface area contributed by atoms with Crippen molar-refractivity contribution in [3.8, 4) is 0 Å². The molecule has 4 nitrogen and oxygen atoms in total. The summed E-state index contributed by atoms with van der Waals surface area (Å²) in [5.41, 5.74) is 2.24. The topological polar surface area (TPSA) is 55.1 Å². The van der Waals surface area contributed by atoms with E-state index < -0.39 is 0 Å². The molecule has 0 aliphatic heterocycles. The van der Waals surface area contributed by atoms with Crippen molar-refractivity contribution in [2.24, 2.45) is 13.0 Å². The highest BCUT2D eigenvalue weighted by atomic mass is 32.2. The molecule has 0 saturated heterocycles. The Morgan fingerprint density at radius 3 is 2.71 bits per heavy atom. The highest BCUT2D eigenvalue weighted by molar-refractivity contribution is 7.99. The number of thiophene rings is 1. The average Bonchev–Trinajstić information content (AvgIpc) is 3.11. The maximum atomic E-state index is 13.1. The molecule has 0 amide bonds. The fourth-order valence-electron chi connectivity index (χ4n) is 3.94. The summed E-state index contributed by atoms with van der Waals surface area (Å²) >= 11 is 3.41. The lowest BCUT2D eigenvalue weighted by molar-refractivity contribution is 0.296. The van der Waals surface area contributed by atoms with Gasteiger partial charge in [-0.15, -0.1) is 23.1 Å². The highest BCUT2D eigenvalue weighted by Crippen LogP contribution is 2.40. The molecule has 0 radical (unpaired) electrons. The quantitative estimate of drug-likeness (QED) is 0.287. The van der Waals surface area contributed by atoms with Crippen LogP contribution < -0.4 is 5.56 Å². The first-order valence-electron chi connectivity index (χ1n) is 10.7. The molecule has 0 unspecified atom stereocenters. The van der Waals surface area contributed by atoms with Gasteiger partial charge in [0.2, 0.25) is 0 Å². The van der Waals surface area contributed by atoms with Crippen LogP contribution in [0.2, 0.25) is 0 Å². The summed E-state index contributed by atoms with van der Waals surface area (Å²) in [5.74, 6) is 1.25. The third kappa shape index (κ3) is 4.56. The number of aryl methyl sites for hydroxylation is 1. The van der Waals surface area contributed by atoms with Gasteiger partial charge >= 0.3 is 0 Å². The van der Waals surface area contributed by atoms with E-state index in [-0.39, 0.29) is 12.2 Å². The summed E-state index contributed by atoms with van der Waals surface area (Å²) in [7, 11) is 1.75. The standard InChI is InChI=1S/C25H28N2O2S2/c1-16(2)14-20-23-22(25(29)27(3)26-20)24(30-13-7-12-28)21(31-23)15-18-10-6-9-17-8-4-5-11-19(17)18/h4-6,8-11,16,28H,7,12-15H2,1-3H3. The summed E-state index contributed by atoms with van der Waals surface area (Å²) in [6, 6.07) is 14.9. The van der Waals surface area contributed by atoms with Gasteiger partial charge in [-0.25, -0.2) is 4.68 Å². The van der Waals surface area contributed by atoms with Gasteiger partial charge in [-0.2, -0.15) is 5.10 Å². The van der Waals surface area contributed by atoms with Gasteiger partial charge in [-0.1, -0.05) is 56.3 Å². The predicted molar refractivity (Wildman–Crippen MR) is 133 cm³/mol. The normalized spacial score (nSPS) is 11.8. The zero-order valence-corrected chi connectivity index (χ0v) is 19.9. The van der Waals surface area contributed by atoms with Crippen molar-refractivity contribution < 1.29 is 5.11 Å². The number of benzene rings is 2. The molecule has 0 spiro atoms. The Kier molecular flexibility index (Phi) is 6.80. The van der Waals surface area contributed by atoms with Crippen molar-refractivity contribution in [1.82, 2.24) is 9.78 Å². The predicted octanol–water partition coefficient (Wildman–Crippen LogP) is 5.41. The molecule has 2 heterocycles. The van der Waals surface area contributed by atoms with E-state index in [1.807, 2.05) is 0 Å². The van der Waals surface area contributed by atoms with Crippen molar-refractivity contribution >= 4 is 44.0 Å². The maximum Gasteiger partial charge on any atom is 0.276 e. The van der Waals surface area contributed by atoms with Crippen LogP contribution in [-0.4, -0.2) is 27.2 Å². The van der Waals surface area contributed by atoms with Crippen LogP contribution in [0.4, 0.5) is 0 Å². The van der Waals surface area contributed by atoms with Gasteiger partial charge < -0.3 is 5.11 Å². The molecule has 0 fully saturated rings. The lowest BCUT2D eigenvalue weighted by atomic mass is 10.0. The number of nitrogens with zero attached hydrogens (tertiary/aromatic N) is 2. The first-order valence-corrected chi connectivity index (χ1v) is 12.5. The lowest BCUT2D eigenvalue weighted by Gasteiger charge is -2.09. The SMILES string of the molecule is CC(C)Cc1nn(C)c(=O)c2c(SCCCO)c(Cc3cccc4ccccc34)sc12. The molecular formula is C25H28N2O2S2. The molecule has 0 aliphatic carbocycles. The zero-order valence-electron chi connectivity index (χ0n) is 18.2. The van der Waals surface area contributed by atoms with Crippen molar-refractivity contribution in [2.45, 2.75) is 38.0 Å². The number of hydrogen-bond acceptors (Lipinski definition) is 5. The van der Waals surface area contributed by atoms with Crippen LogP contribution in [0.5, 0.6) is 0 Å². The van der Waals surface area contributed by atoms with Crippen molar-refractivity contribution in [3.63, 3.8) is 0 Å². The van der Waals surface area contributed by atoms with E-state index in [1.165, 1.54) is 25.9 Å². The minimum Gasteiger partial charge on any atom is -0.396 e. The van der Waals surface area contributed by atoms with E-state index in [0.29, 0.717) is 12.3 Å². The Labute approximate surface area is 190 Å². The fraction of sp³-hybridized carbons (Fsp3) is 0.360. The number of rotatable bonds is 8. The molecule has 6 heteroatoms. The molecule has 4 rings (SSSR count). The smallest absolute Gasteiger partial charge is 0.276 e. The van der Waals surface area contributed by atoms with Crippen molar-refractivity contribution in [1.29, 1.82) is 0 Å². The molecule has 4 aromatic rings. The van der Waals surface area contributed by atoms with E-state index in [1.54, 1.807) is 30.1 Å². The highest BCUT2D eigenvalue weighted by Gasteiger charge is 2.21. The number of thioether (sulfide) groups is 1. The van der Waals surface area contributed by atoms with Gasteiger partial charge in [0, 0.05) is 35.6 Å². The Balaban J connectivity index is 1.89. The van der Waals surface area contributed by atoms with Crippen molar-refractivity contribution in [3.05, 3.63) is 69.0 Å². The summed E-state index contributed by atoms with van der Waals surface area (Å²) in [6.07, 6.45) is 2.34. The van der Waals surface area contributed by atoms with Crippen LogP contribution in [0, 0.1) is 5.92 Å². The molecule has 2 aromatic carbocycles. The van der Waals surface area contributed by atoms with Crippen molar-refractivity contribution in [2.75, 3.05) is 12.4 Å². The second-order valence-electron chi connectivity index (χ2n) is 8.27. The second-order valence-corrected chi connectivity index (χ2v) is 10.5. The number of fused-ring (bicyclic) bond motifs is 2. The molecule has 2 aromatic heterocycles. The van der Waals surface area contributed by atoms with Gasteiger partial charge in [0.15, 0.2) is 0 Å². The van der Waals surface area contributed by atoms with E-state index in [2.05, 4.69) is 61.4 Å². The van der Waals surface area contributed by atoms with Gasteiger partial charge in [0.05, 0.1) is 15.8 Å². The van der Waals surface area contributed by atoms with Crippen LogP contribution in [0.3, 0.4) is 0 Å². The minimum atomic E-state index is -0.0329. The summed E-state index contributed by atoms with van der Waals surface area (Å²) in [4.78, 5) is 15.4. The summed E-state index contributed by atoms with van der Waals surface area (Å²) < 4.78 is 2.52. The fourth-order valence-corrected chi connectivity index (χ4v) is 6.55. The van der Waals surface area contributed by atoms with Crippen LogP contribution in [0.1, 0.15) is 36.4 Å². The first-order chi connectivity index (χ1) is 15.0. The van der Waals surface area contributed by atoms with Gasteiger partial charge in [0.1, 0.15) is 0 Å². The first kappa shape index (κ1) is 22.1. The molecule has 0 aliphatic rings. The number of hydrogen-bond donors (Lipinski definition) is 1. The Bertz CT molecular complexity index is 1270. The lowest BCUT2D eigenvalue weighted by Crippen LogP contribution is -2.21. The van der Waals surface area contributed by atoms with Crippen LogP contribution in [0.15, 0.2) is 52.2 Å². The maximum absolute atomic E-state index is 13.1. The Morgan fingerprint density at radius 1 is 1.16 bits per heavy atom.